The quantitative estimate of drug-likeness (QED) is 0.513. The van der Waals surface area contributed by atoms with E-state index in [4.69, 9.17) is 5.11 Å². The van der Waals surface area contributed by atoms with Crippen molar-refractivity contribution in [2.24, 2.45) is 0 Å². The van der Waals surface area contributed by atoms with Gasteiger partial charge in [-0.3, -0.25) is 9.89 Å². The molecule has 0 aliphatic carbocycles. The summed E-state index contributed by atoms with van der Waals surface area (Å²) in [7, 11) is 0. The van der Waals surface area contributed by atoms with E-state index in [2.05, 4.69) is 15.1 Å². The fraction of sp³-hybridized carbons (Fsp3) is 0. The van der Waals surface area contributed by atoms with Crippen LogP contribution in [0.15, 0.2) is 17.2 Å². The van der Waals surface area contributed by atoms with E-state index in [-0.39, 0.29) is 11.7 Å². The number of aromatic hydroxyl groups is 1. The molecule has 0 fully saturated rings. The summed E-state index contributed by atoms with van der Waals surface area (Å²) in [5.74, 6) is -0.0347. The van der Waals surface area contributed by atoms with Gasteiger partial charge in [-0.05, 0) is 0 Å². The van der Waals surface area contributed by atoms with E-state index in [9.17, 15) is 4.79 Å². The topological polar surface area (TPSA) is 83.3 Å². The molecule has 0 radical (unpaired) electrons. The monoisotopic (exact) mass is 152 g/mol. The Labute approximate surface area is 60.1 Å². The number of nitrogens with one attached hydrogen (secondary N) is 1. The summed E-state index contributed by atoms with van der Waals surface area (Å²) in [5, 5.41) is 11.7. The van der Waals surface area contributed by atoms with E-state index in [0.29, 0.717) is 0 Å². The Morgan fingerprint density at radius 3 is 3.27 bits per heavy atom. The Morgan fingerprint density at radius 2 is 2.45 bits per heavy atom. The van der Waals surface area contributed by atoms with Crippen molar-refractivity contribution >= 4 is 5.78 Å². The summed E-state index contributed by atoms with van der Waals surface area (Å²) in [6, 6.07) is 1.01. The zero-order valence-electron chi connectivity index (χ0n) is 5.35. The second-order valence-corrected chi connectivity index (χ2v) is 1.98. The van der Waals surface area contributed by atoms with Crippen molar-refractivity contribution in [1.29, 1.82) is 0 Å². The molecule has 0 saturated carbocycles. The molecule has 2 rings (SSSR count). The van der Waals surface area contributed by atoms with Crippen molar-refractivity contribution in [3.63, 3.8) is 0 Å². The average molecular weight is 152 g/mol. The summed E-state index contributed by atoms with van der Waals surface area (Å²) in [6.45, 7) is 0. The first kappa shape index (κ1) is 5.90. The van der Waals surface area contributed by atoms with E-state index in [1.54, 1.807) is 0 Å². The molecule has 0 aliphatic heterocycles. The molecule has 0 unspecified atom stereocenters. The predicted molar refractivity (Wildman–Crippen MR) is 35.3 cm³/mol. The smallest absolute Gasteiger partial charge is 0.278 e. The van der Waals surface area contributed by atoms with Crippen LogP contribution in [0.4, 0.5) is 0 Å². The predicted octanol–water partition coefficient (Wildman–Crippen LogP) is -0.877. The molecule has 0 atom stereocenters. The van der Waals surface area contributed by atoms with Gasteiger partial charge in [0.15, 0.2) is 0 Å². The van der Waals surface area contributed by atoms with Crippen molar-refractivity contribution < 1.29 is 5.11 Å². The standard InChI is InChI=1S/C5H4N4O2/c10-3-1-4(11)9-5(8-3)6-2-7-9/h1-2,11H,(H,6,7,8,10). The molecule has 6 nitrogen and oxygen atoms in total. The Balaban J connectivity index is 3.02. The fourth-order valence-corrected chi connectivity index (χ4v) is 0.813. The molecule has 0 aliphatic rings. The molecule has 0 amide bonds. The number of aromatic amines is 1. The Bertz CT molecular complexity index is 443. The SMILES string of the molecule is O=c1cc(O)n2[nH]cnc2n1. The van der Waals surface area contributed by atoms with Crippen molar-refractivity contribution in [3.05, 3.63) is 22.7 Å². The Hall–Kier alpha value is -1.85. The number of aromatic nitrogens is 4. The summed E-state index contributed by atoms with van der Waals surface area (Å²) < 4.78 is 1.20. The molecular formula is C5H4N4O2. The third kappa shape index (κ3) is 0.759. The van der Waals surface area contributed by atoms with Gasteiger partial charge in [0.2, 0.25) is 5.88 Å². The Morgan fingerprint density at radius 1 is 1.64 bits per heavy atom. The summed E-state index contributed by atoms with van der Waals surface area (Å²) in [6.07, 6.45) is 1.33. The number of H-pyrrole nitrogens is 1. The van der Waals surface area contributed by atoms with Crippen molar-refractivity contribution in [2.45, 2.75) is 0 Å². The number of rotatable bonds is 0. The lowest BCUT2D eigenvalue weighted by Gasteiger charge is -1.92. The van der Waals surface area contributed by atoms with Gasteiger partial charge in [0, 0.05) is 0 Å². The van der Waals surface area contributed by atoms with Crippen LogP contribution in [-0.2, 0) is 0 Å². The van der Waals surface area contributed by atoms with Crippen molar-refractivity contribution in [1.82, 2.24) is 19.6 Å². The van der Waals surface area contributed by atoms with Crippen LogP contribution in [-0.4, -0.2) is 24.7 Å². The highest BCUT2D eigenvalue weighted by molar-refractivity contribution is 5.28. The third-order valence-electron chi connectivity index (χ3n) is 1.26. The molecule has 2 N–H and O–H groups in total. The molecule has 2 aromatic rings. The molecule has 56 valence electrons. The van der Waals surface area contributed by atoms with Crippen LogP contribution in [0.5, 0.6) is 5.88 Å². The van der Waals surface area contributed by atoms with Crippen molar-refractivity contribution in [3.8, 4) is 5.88 Å². The zero-order chi connectivity index (χ0) is 7.84. The Kier molecular flexibility index (Phi) is 0.974. The van der Waals surface area contributed by atoms with Crippen LogP contribution in [0.1, 0.15) is 0 Å². The fourth-order valence-electron chi connectivity index (χ4n) is 0.813. The minimum absolute atomic E-state index is 0.162. The molecule has 6 heteroatoms. The molecule has 2 aromatic heterocycles. The largest absolute Gasteiger partial charge is 0.493 e. The van der Waals surface area contributed by atoms with E-state index >= 15 is 0 Å². The van der Waals surface area contributed by atoms with E-state index in [1.165, 1.54) is 10.8 Å². The molecule has 11 heavy (non-hydrogen) atoms. The maximum absolute atomic E-state index is 10.7. The second-order valence-electron chi connectivity index (χ2n) is 1.98. The highest BCUT2D eigenvalue weighted by Crippen LogP contribution is 2.02. The van der Waals surface area contributed by atoms with Gasteiger partial charge in [-0.2, -0.15) is 9.50 Å². The minimum Gasteiger partial charge on any atom is -0.493 e. The molecule has 0 aromatic carbocycles. The highest BCUT2D eigenvalue weighted by atomic mass is 16.3. The first-order chi connectivity index (χ1) is 5.27. The van der Waals surface area contributed by atoms with Gasteiger partial charge in [-0.25, -0.2) is 4.98 Å². The van der Waals surface area contributed by atoms with Crippen LogP contribution in [0.2, 0.25) is 0 Å². The van der Waals surface area contributed by atoms with Gasteiger partial charge in [0.05, 0.1) is 6.07 Å². The minimum atomic E-state index is -0.505. The summed E-state index contributed by atoms with van der Waals surface area (Å²) in [5.41, 5.74) is -0.505. The van der Waals surface area contributed by atoms with E-state index in [1.807, 2.05) is 0 Å². The molecule has 0 saturated heterocycles. The maximum Gasteiger partial charge on any atom is 0.278 e. The van der Waals surface area contributed by atoms with Crippen LogP contribution >= 0.6 is 0 Å². The second kappa shape index (κ2) is 1.82. The highest BCUT2D eigenvalue weighted by Gasteiger charge is 2.00. The number of hydrogen-bond donors (Lipinski definition) is 2. The van der Waals surface area contributed by atoms with Gasteiger partial charge in [-0.1, -0.05) is 0 Å². The average Bonchev–Trinajstić information content (AvgIpc) is 2.34. The van der Waals surface area contributed by atoms with Crippen LogP contribution in [0, 0.1) is 0 Å². The van der Waals surface area contributed by atoms with Crippen molar-refractivity contribution in [2.75, 3.05) is 0 Å². The molecule has 0 spiro atoms. The van der Waals surface area contributed by atoms with E-state index in [0.717, 1.165) is 6.07 Å². The van der Waals surface area contributed by atoms with E-state index < -0.39 is 5.56 Å². The lowest BCUT2D eigenvalue weighted by atomic mass is 10.6. The molecular weight excluding hydrogens is 148 g/mol. The van der Waals surface area contributed by atoms with Gasteiger partial charge in [0.25, 0.3) is 11.3 Å². The number of nitrogens with zero attached hydrogens (tertiary/aromatic N) is 3. The first-order valence-electron chi connectivity index (χ1n) is 2.89. The lowest BCUT2D eigenvalue weighted by molar-refractivity contribution is 0.434. The lowest BCUT2D eigenvalue weighted by Crippen LogP contribution is -2.07. The van der Waals surface area contributed by atoms with Crippen LogP contribution < -0.4 is 5.56 Å². The third-order valence-corrected chi connectivity index (χ3v) is 1.26. The number of hydrogen-bond acceptors (Lipinski definition) is 4. The van der Waals surface area contributed by atoms with Gasteiger partial charge < -0.3 is 5.11 Å². The van der Waals surface area contributed by atoms with Gasteiger partial charge >= 0.3 is 0 Å². The van der Waals surface area contributed by atoms with Gasteiger partial charge in [-0.15, -0.1) is 0 Å². The normalized spacial score (nSPS) is 10.5. The molecule has 0 bridgehead atoms. The maximum atomic E-state index is 10.7. The van der Waals surface area contributed by atoms with Crippen LogP contribution in [0.3, 0.4) is 0 Å². The molecule has 2 heterocycles. The summed E-state index contributed by atoms with van der Waals surface area (Å²) >= 11 is 0. The van der Waals surface area contributed by atoms with Crippen LogP contribution in [0.25, 0.3) is 5.78 Å². The first-order valence-corrected chi connectivity index (χ1v) is 2.89. The van der Waals surface area contributed by atoms with Gasteiger partial charge in [0.1, 0.15) is 6.33 Å². The summed E-state index contributed by atoms with van der Waals surface area (Å²) in [4.78, 5) is 17.8. The zero-order valence-corrected chi connectivity index (χ0v) is 5.35. The number of fused-ring (bicyclic) bond motifs is 1.